The van der Waals surface area contributed by atoms with Gasteiger partial charge in [-0.2, -0.15) is 0 Å². The van der Waals surface area contributed by atoms with Gasteiger partial charge in [-0.1, -0.05) is 12.1 Å². The van der Waals surface area contributed by atoms with Crippen LogP contribution in [0.2, 0.25) is 0 Å². The molecule has 3 rings (SSSR count). The van der Waals surface area contributed by atoms with Crippen molar-refractivity contribution in [3.63, 3.8) is 0 Å². The fraction of sp³-hybridized carbons (Fsp3) is 0.350. The van der Waals surface area contributed by atoms with Gasteiger partial charge in [0.05, 0.1) is 10.6 Å². The summed E-state index contributed by atoms with van der Waals surface area (Å²) in [7, 11) is -3.68. The van der Waals surface area contributed by atoms with Crippen molar-refractivity contribution in [1.82, 2.24) is 0 Å². The first-order chi connectivity index (χ1) is 12.3. The number of amides is 1. The first kappa shape index (κ1) is 18.5. The van der Waals surface area contributed by atoms with Gasteiger partial charge in [-0.05, 0) is 74.6 Å². The van der Waals surface area contributed by atoms with Crippen molar-refractivity contribution in [2.45, 2.75) is 44.9 Å². The van der Waals surface area contributed by atoms with Gasteiger partial charge in [0.2, 0.25) is 5.91 Å². The molecular formula is C20H24N2O3S. The highest BCUT2D eigenvalue weighted by atomic mass is 32.2. The Morgan fingerprint density at radius 2 is 1.65 bits per heavy atom. The molecule has 2 aromatic carbocycles. The van der Waals surface area contributed by atoms with Gasteiger partial charge in [0, 0.05) is 18.7 Å². The number of carbonyl (C=O) groups excluding carboxylic acids is 1. The molecule has 6 heteroatoms. The number of nitrogens with zero attached hydrogens (tertiary/aromatic N) is 1. The largest absolute Gasteiger partial charge is 0.312 e. The lowest BCUT2D eigenvalue weighted by Gasteiger charge is -2.28. The maximum Gasteiger partial charge on any atom is 0.261 e. The summed E-state index contributed by atoms with van der Waals surface area (Å²) in [6, 6.07) is 10.4. The first-order valence-electron chi connectivity index (χ1n) is 8.79. The second-order valence-electron chi connectivity index (χ2n) is 6.86. The van der Waals surface area contributed by atoms with E-state index in [1.165, 1.54) is 0 Å². The predicted octanol–water partition coefficient (Wildman–Crippen LogP) is 3.93. The highest BCUT2D eigenvalue weighted by molar-refractivity contribution is 7.92. The van der Waals surface area contributed by atoms with Gasteiger partial charge in [-0.3, -0.25) is 9.52 Å². The topological polar surface area (TPSA) is 66.5 Å². The molecular weight excluding hydrogens is 348 g/mol. The zero-order valence-corrected chi connectivity index (χ0v) is 16.2. The summed E-state index contributed by atoms with van der Waals surface area (Å²) in [5, 5.41) is 0. The Balaban J connectivity index is 1.91. The van der Waals surface area contributed by atoms with Gasteiger partial charge < -0.3 is 4.90 Å². The van der Waals surface area contributed by atoms with E-state index in [0.717, 1.165) is 35.2 Å². The fourth-order valence-electron chi connectivity index (χ4n) is 3.12. The minimum atomic E-state index is -3.68. The van der Waals surface area contributed by atoms with Crippen LogP contribution in [-0.4, -0.2) is 20.9 Å². The Kier molecular flexibility index (Phi) is 5.05. The van der Waals surface area contributed by atoms with Crippen LogP contribution in [0.3, 0.4) is 0 Å². The molecule has 26 heavy (non-hydrogen) atoms. The Hall–Kier alpha value is -2.34. The van der Waals surface area contributed by atoms with Crippen LogP contribution < -0.4 is 9.62 Å². The summed E-state index contributed by atoms with van der Waals surface area (Å²) in [5.74, 6) is 0.0912. The Bertz CT molecular complexity index is 952. The smallest absolute Gasteiger partial charge is 0.261 e. The number of anilines is 2. The fourth-order valence-corrected chi connectivity index (χ4v) is 4.25. The van der Waals surface area contributed by atoms with E-state index in [0.29, 0.717) is 18.7 Å². The highest BCUT2D eigenvalue weighted by Gasteiger charge is 2.22. The van der Waals surface area contributed by atoms with Gasteiger partial charge in [0.15, 0.2) is 0 Å². The van der Waals surface area contributed by atoms with E-state index in [9.17, 15) is 13.2 Å². The third kappa shape index (κ3) is 3.75. The molecule has 0 bridgehead atoms. The van der Waals surface area contributed by atoms with Crippen LogP contribution in [0.15, 0.2) is 41.3 Å². The summed E-state index contributed by atoms with van der Waals surface area (Å²) < 4.78 is 28.1. The van der Waals surface area contributed by atoms with E-state index in [4.69, 9.17) is 0 Å². The number of nitrogens with one attached hydrogen (secondary N) is 1. The Morgan fingerprint density at radius 1 is 0.923 bits per heavy atom. The molecule has 0 unspecified atom stereocenters. The summed E-state index contributed by atoms with van der Waals surface area (Å²) in [4.78, 5) is 14.2. The molecule has 0 radical (unpaired) electrons. The molecule has 1 aliphatic rings. The molecule has 0 aromatic heterocycles. The summed E-state index contributed by atoms with van der Waals surface area (Å²) >= 11 is 0. The number of benzene rings is 2. The molecule has 1 aliphatic heterocycles. The Morgan fingerprint density at radius 3 is 2.35 bits per heavy atom. The minimum absolute atomic E-state index is 0.0912. The van der Waals surface area contributed by atoms with Gasteiger partial charge >= 0.3 is 0 Å². The molecule has 5 nitrogen and oxygen atoms in total. The van der Waals surface area contributed by atoms with Crippen molar-refractivity contribution in [2.75, 3.05) is 16.2 Å². The molecule has 2 aromatic rings. The minimum Gasteiger partial charge on any atom is -0.312 e. The van der Waals surface area contributed by atoms with E-state index in [1.54, 1.807) is 35.2 Å². The van der Waals surface area contributed by atoms with Crippen LogP contribution in [0.5, 0.6) is 0 Å². The van der Waals surface area contributed by atoms with Crippen LogP contribution in [0.25, 0.3) is 0 Å². The van der Waals surface area contributed by atoms with Crippen LogP contribution >= 0.6 is 0 Å². The van der Waals surface area contributed by atoms with Crippen molar-refractivity contribution < 1.29 is 13.2 Å². The highest BCUT2D eigenvalue weighted by Crippen LogP contribution is 2.29. The van der Waals surface area contributed by atoms with E-state index in [2.05, 4.69) is 4.72 Å². The molecule has 0 aliphatic carbocycles. The predicted molar refractivity (Wildman–Crippen MR) is 104 cm³/mol. The summed E-state index contributed by atoms with van der Waals surface area (Å²) in [6.45, 7) is 6.44. The third-order valence-corrected chi connectivity index (χ3v) is 6.24. The number of rotatable bonds is 4. The van der Waals surface area contributed by atoms with E-state index in [-0.39, 0.29) is 10.8 Å². The third-order valence-electron chi connectivity index (χ3n) is 4.86. The van der Waals surface area contributed by atoms with Crippen LogP contribution in [0.1, 0.15) is 36.0 Å². The average molecular weight is 372 g/mol. The van der Waals surface area contributed by atoms with E-state index >= 15 is 0 Å². The standard InChI is InChI=1S/C20H24N2O3S/c1-14-8-10-18(12-16(14)3)26(24,25)21-17-9-7-15(2)19(13-17)22-11-5-4-6-20(22)23/h7-10,12-13,21H,4-6,11H2,1-3H3. The maximum absolute atomic E-state index is 12.7. The van der Waals surface area contributed by atoms with Crippen LogP contribution in [0.4, 0.5) is 11.4 Å². The van der Waals surface area contributed by atoms with Gasteiger partial charge in [0.25, 0.3) is 10.0 Å². The van der Waals surface area contributed by atoms with Crippen molar-refractivity contribution in [3.05, 3.63) is 53.1 Å². The zero-order valence-electron chi connectivity index (χ0n) is 15.4. The molecule has 1 N–H and O–H groups in total. The molecule has 1 saturated heterocycles. The van der Waals surface area contributed by atoms with Gasteiger partial charge in [-0.25, -0.2) is 8.42 Å². The normalized spacial score (nSPS) is 15.2. The van der Waals surface area contributed by atoms with E-state index < -0.39 is 10.0 Å². The number of hydrogen-bond donors (Lipinski definition) is 1. The van der Waals surface area contributed by atoms with Crippen LogP contribution in [0, 0.1) is 20.8 Å². The van der Waals surface area contributed by atoms with Crippen molar-refractivity contribution in [3.8, 4) is 0 Å². The lowest BCUT2D eigenvalue weighted by Crippen LogP contribution is -2.35. The first-order valence-corrected chi connectivity index (χ1v) is 10.3. The number of sulfonamides is 1. The second kappa shape index (κ2) is 7.11. The lowest BCUT2D eigenvalue weighted by atomic mass is 10.1. The van der Waals surface area contributed by atoms with Gasteiger partial charge in [0.1, 0.15) is 0 Å². The second-order valence-corrected chi connectivity index (χ2v) is 8.54. The molecule has 0 spiro atoms. The lowest BCUT2D eigenvalue weighted by molar-refractivity contribution is -0.119. The number of hydrogen-bond acceptors (Lipinski definition) is 3. The number of carbonyl (C=O) groups is 1. The summed E-state index contributed by atoms with van der Waals surface area (Å²) in [6.07, 6.45) is 2.41. The molecule has 138 valence electrons. The molecule has 1 amide bonds. The average Bonchev–Trinajstić information content (AvgIpc) is 2.59. The zero-order chi connectivity index (χ0) is 18.9. The monoisotopic (exact) mass is 372 g/mol. The number of aryl methyl sites for hydroxylation is 3. The van der Waals surface area contributed by atoms with Crippen LogP contribution in [-0.2, 0) is 14.8 Å². The van der Waals surface area contributed by atoms with Crippen molar-refractivity contribution >= 4 is 27.3 Å². The summed E-state index contributed by atoms with van der Waals surface area (Å²) in [5.41, 5.74) is 4.16. The molecule has 1 heterocycles. The SMILES string of the molecule is Cc1ccc(S(=O)(=O)Nc2ccc(C)c(N3CCCCC3=O)c2)cc1C. The van der Waals surface area contributed by atoms with Crippen molar-refractivity contribution in [1.29, 1.82) is 0 Å². The van der Waals surface area contributed by atoms with Gasteiger partial charge in [-0.15, -0.1) is 0 Å². The molecule has 0 atom stereocenters. The molecule has 1 fully saturated rings. The number of piperidine rings is 1. The molecule has 0 saturated carbocycles. The Labute approximate surface area is 155 Å². The van der Waals surface area contributed by atoms with E-state index in [1.807, 2.05) is 26.8 Å². The van der Waals surface area contributed by atoms with Crippen molar-refractivity contribution in [2.24, 2.45) is 0 Å². The maximum atomic E-state index is 12.7. The quantitative estimate of drug-likeness (QED) is 0.884.